The number of aryl methyl sites for hydroxylation is 1. The van der Waals surface area contributed by atoms with Crippen LogP contribution in [0.4, 0.5) is 13.2 Å². The molecule has 0 aliphatic heterocycles. The summed E-state index contributed by atoms with van der Waals surface area (Å²) in [5, 5.41) is 5.96. The van der Waals surface area contributed by atoms with Gasteiger partial charge in [0.1, 0.15) is 6.04 Å². The molecule has 0 aliphatic rings. The van der Waals surface area contributed by atoms with E-state index in [4.69, 9.17) is 0 Å². The highest BCUT2D eigenvalue weighted by molar-refractivity contribution is 5.82. The lowest BCUT2D eigenvalue weighted by Gasteiger charge is -2.22. The summed E-state index contributed by atoms with van der Waals surface area (Å²) in [6.45, 7) is 2.34. The van der Waals surface area contributed by atoms with Crippen LogP contribution >= 0.6 is 0 Å². The minimum Gasteiger partial charge on any atom is -0.358 e. The molecule has 3 aromatic rings. The predicted octanol–water partition coefficient (Wildman–Crippen LogP) is 5.01. The van der Waals surface area contributed by atoms with Crippen molar-refractivity contribution in [1.82, 2.24) is 15.6 Å². The molecule has 1 heterocycles. The number of alkyl halides is 3. The van der Waals surface area contributed by atoms with Gasteiger partial charge in [0.2, 0.25) is 5.91 Å². The molecule has 0 radical (unpaired) electrons. The van der Waals surface area contributed by atoms with Gasteiger partial charge in [0.05, 0.1) is 5.56 Å². The van der Waals surface area contributed by atoms with Gasteiger partial charge < -0.3 is 10.6 Å². The minimum atomic E-state index is -4.38. The second-order valence-electron chi connectivity index (χ2n) is 7.58. The molecule has 32 heavy (non-hydrogen) atoms. The molecule has 2 N–H and O–H groups in total. The average molecular weight is 441 g/mol. The van der Waals surface area contributed by atoms with Crippen LogP contribution in [-0.2, 0) is 11.0 Å². The maximum Gasteiger partial charge on any atom is 0.416 e. The summed E-state index contributed by atoms with van der Waals surface area (Å²) in [6.07, 6.45) is -3.82. The van der Waals surface area contributed by atoms with Crippen molar-refractivity contribution in [2.24, 2.45) is 0 Å². The quantitative estimate of drug-likeness (QED) is 0.517. The van der Waals surface area contributed by atoms with Gasteiger partial charge in [-0.2, -0.15) is 13.2 Å². The van der Waals surface area contributed by atoms with Crippen LogP contribution in [0.1, 0.15) is 46.5 Å². The lowest BCUT2D eigenvalue weighted by Crippen LogP contribution is -2.36. The SMILES string of the molecule is CNC(=O)[C@@H](NCC[C@H](c1ccc(C(F)(F)F)cc1)c1cccc(C)n1)c1ccccc1. The van der Waals surface area contributed by atoms with Crippen LogP contribution in [0.3, 0.4) is 0 Å². The van der Waals surface area contributed by atoms with E-state index in [9.17, 15) is 18.0 Å². The van der Waals surface area contributed by atoms with E-state index in [1.807, 2.05) is 55.5 Å². The van der Waals surface area contributed by atoms with E-state index in [1.54, 1.807) is 7.05 Å². The number of rotatable bonds is 8. The van der Waals surface area contributed by atoms with Gasteiger partial charge >= 0.3 is 6.18 Å². The Morgan fingerprint density at radius 1 is 0.938 bits per heavy atom. The summed E-state index contributed by atoms with van der Waals surface area (Å²) in [4.78, 5) is 17.0. The van der Waals surface area contributed by atoms with Crippen molar-refractivity contribution in [1.29, 1.82) is 0 Å². The Labute approximate surface area is 185 Å². The molecule has 0 fully saturated rings. The number of hydrogen-bond donors (Lipinski definition) is 2. The molecule has 2 atom stereocenters. The summed E-state index contributed by atoms with van der Waals surface area (Å²) in [5.41, 5.74) is 2.52. The number of likely N-dealkylation sites (N-methyl/N-ethyl adjacent to an activating group) is 1. The zero-order chi connectivity index (χ0) is 23.1. The number of aromatic nitrogens is 1. The van der Waals surface area contributed by atoms with Crippen LogP contribution in [0.5, 0.6) is 0 Å². The van der Waals surface area contributed by atoms with Crippen molar-refractivity contribution >= 4 is 5.91 Å². The van der Waals surface area contributed by atoms with Gasteiger partial charge in [0, 0.05) is 24.4 Å². The van der Waals surface area contributed by atoms with E-state index in [-0.39, 0.29) is 11.8 Å². The Morgan fingerprint density at radius 3 is 2.22 bits per heavy atom. The van der Waals surface area contributed by atoms with Gasteiger partial charge in [-0.05, 0) is 55.3 Å². The Hall–Kier alpha value is -3.19. The normalized spacial score (nSPS) is 13.4. The van der Waals surface area contributed by atoms with Gasteiger partial charge in [0.25, 0.3) is 0 Å². The fourth-order valence-electron chi connectivity index (χ4n) is 3.67. The lowest BCUT2D eigenvalue weighted by molar-refractivity contribution is -0.137. The third-order valence-electron chi connectivity index (χ3n) is 5.33. The Kier molecular flexibility index (Phi) is 7.64. The molecule has 0 unspecified atom stereocenters. The van der Waals surface area contributed by atoms with E-state index >= 15 is 0 Å². The molecule has 0 saturated carbocycles. The summed E-state index contributed by atoms with van der Waals surface area (Å²) in [7, 11) is 1.58. The highest BCUT2D eigenvalue weighted by atomic mass is 19.4. The van der Waals surface area contributed by atoms with E-state index in [0.717, 1.165) is 34.6 Å². The molecular formula is C25H26F3N3O. The van der Waals surface area contributed by atoms with Crippen LogP contribution in [0.2, 0.25) is 0 Å². The predicted molar refractivity (Wildman–Crippen MR) is 118 cm³/mol. The molecule has 4 nitrogen and oxygen atoms in total. The second-order valence-corrected chi connectivity index (χ2v) is 7.58. The van der Waals surface area contributed by atoms with Crippen LogP contribution in [-0.4, -0.2) is 24.5 Å². The largest absolute Gasteiger partial charge is 0.416 e. The number of nitrogens with one attached hydrogen (secondary N) is 2. The zero-order valence-electron chi connectivity index (χ0n) is 18.0. The monoisotopic (exact) mass is 441 g/mol. The van der Waals surface area contributed by atoms with E-state index < -0.39 is 17.8 Å². The molecule has 0 bridgehead atoms. The molecule has 7 heteroatoms. The maximum absolute atomic E-state index is 13.0. The van der Waals surface area contributed by atoms with Gasteiger partial charge in [-0.15, -0.1) is 0 Å². The molecule has 1 amide bonds. The minimum absolute atomic E-state index is 0.157. The maximum atomic E-state index is 13.0. The van der Waals surface area contributed by atoms with Gasteiger partial charge in [0.15, 0.2) is 0 Å². The Morgan fingerprint density at radius 2 is 1.62 bits per heavy atom. The van der Waals surface area contributed by atoms with E-state index in [2.05, 4.69) is 15.6 Å². The van der Waals surface area contributed by atoms with Crippen molar-refractivity contribution in [3.8, 4) is 0 Å². The van der Waals surface area contributed by atoms with Crippen molar-refractivity contribution in [3.05, 3.63) is 101 Å². The van der Waals surface area contributed by atoms with Gasteiger partial charge in [-0.25, -0.2) is 0 Å². The number of carbonyl (C=O) groups is 1. The third kappa shape index (κ3) is 5.95. The first-order valence-electron chi connectivity index (χ1n) is 10.4. The summed E-state index contributed by atoms with van der Waals surface area (Å²) in [6, 6.07) is 19.7. The first-order chi connectivity index (χ1) is 15.3. The van der Waals surface area contributed by atoms with Crippen molar-refractivity contribution in [3.63, 3.8) is 0 Å². The van der Waals surface area contributed by atoms with Gasteiger partial charge in [-0.1, -0.05) is 48.5 Å². The number of hydrogen-bond acceptors (Lipinski definition) is 3. The van der Waals surface area contributed by atoms with Crippen LogP contribution < -0.4 is 10.6 Å². The molecule has 1 aromatic heterocycles. The summed E-state index contributed by atoms with van der Waals surface area (Å²) >= 11 is 0. The van der Waals surface area contributed by atoms with Crippen molar-refractivity contribution in [2.75, 3.05) is 13.6 Å². The van der Waals surface area contributed by atoms with E-state index in [1.165, 1.54) is 12.1 Å². The molecular weight excluding hydrogens is 415 g/mol. The number of nitrogens with zero attached hydrogens (tertiary/aromatic N) is 1. The zero-order valence-corrected chi connectivity index (χ0v) is 18.0. The average Bonchev–Trinajstić information content (AvgIpc) is 2.79. The van der Waals surface area contributed by atoms with Crippen molar-refractivity contribution in [2.45, 2.75) is 31.5 Å². The van der Waals surface area contributed by atoms with Crippen LogP contribution in [0, 0.1) is 6.92 Å². The topological polar surface area (TPSA) is 54.0 Å². The fraction of sp³-hybridized carbons (Fsp3) is 0.280. The lowest BCUT2D eigenvalue weighted by atomic mass is 9.91. The molecule has 0 saturated heterocycles. The first kappa shape index (κ1) is 23.5. The molecule has 168 valence electrons. The van der Waals surface area contributed by atoms with Crippen LogP contribution in [0.15, 0.2) is 72.8 Å². The number of pyridine rings is 1. The number of halogens is 3. The molecule has 0 aliphatic carbocycles. The molecule has 2 aromatic carbocycles. The summed E-state index contributed by atoms with van der Waals surface area (Å²) in [5.74, 6) is -0.373. The van der Waals surface area contributed by atoms with E-state index in [0.29, 0.717) is 13.0 Å². The standard InChI is InChI=1S/C25H26F3N3O/c1-17-7-6-10-22(31-17)21(18-11-13-20(14-12-18)25(26,27)28)15-16-30-23(24(32)29-2)19-8-4-3-5-9-19/h3-14,21,23,30H,15-16H2,1-2H3,(H,29,32)/t21-,23+/m1/s1. The highest BCUT2D eigenvalue weighted by Gasteiger charge is 2.30. The van der Waals surface area contributed by atoms with Crippen molar-refractivity contribution < 1.29 is 18.0 Å². The highest BCUT2D eigenvalue weighted by Crippen LogP contribution is 2.32. The van der Waals surface area contributed by atoms with Crippen LogP contribution in [0.25, 0.3) is 0 Å². The number of carbonyl (C=O) groups excluding carboxylic acids is 1. The second kappa shape index (κ2) is 10.4. The third-order valence-corrected chi connectivity index (χ3v) is 5.33. The number of benzene rings is 2. The summed E-state index contributed by atoms with van der Waals surface area (Å²) < 4.78 is 39.0. The first-order valence-corrected chi connectivity index (χ1v) is 10.4. The smallest absolute Gasteiger partial charge is 0.358 e. The van der Waals surface area contributed by atoms with Gasteiger partial charge in [-0.3, -0.25) is 9.78 Å². The Bertz CT molecular complexity index is 1020. The number of amides is 1. The Balaban J connectivity index is 1.82. The molecule has 3 rings (SSSR count). The fourth-order valence-corrected chi connectivity index (χ4v) is 3.67. The molecule has 0 spiro atoms.